The van der Waals surface area contributed by atoms with Gasteiger partial charge in [-0.2, -0.15) is 0 Å². The highest BCUT2D eigenvalue weighted by atomic mass is 19.1. The van der Waals surface area contributed by atoms with Gasteiger partial charge < -0.3 is 5.32 Å². The van der Waals surface area contributed by atoms with Crippen LogP contribution >= 0.6 is 0 Å². The Hall–Kier alpha value is -1.38. The zero-order valence-electron chi connectivity index (χ0n) is 12.1. The van der Waals surface area contributed by atoms with E-state index in [2.05, 4.69) is 26.1 Å². The molecule has 1 amide bonds. The van der Waals surface area contributed by atoms with Gasteiger partial charge in [-0.3, -0.25) is 4.79 Å². The number of carbonyl (C=O) groups excluding carboxylic acids is 1. The van der Waals surface area contributed by atoms with Crippen molar-refractivity contribution in [1.82, 2.24) is 5.32 Å². The second kappa shape index (κ2) is 4.95. The summed E-state index contributed by atoms with van der Waals surface area (Å²) in [5.74, 6) is -0.0738. The highest BCUT2D eigenvalue weighted by molar-refractivity contribution is 5.94. The summed E-state index contributed by atoms with van der Waals surface area (Å²) in [5.41, 5.74) is 2.20. The van der Waals surface area contributed by atoms with Crippen LogP contribution in [0, 0.1) is 11.7 Å². The Balaban J connectivity index is 2.48. The van der Waals surface area contributed by atoms with Gasteiger partial charge in [0.2, 0.25) is 0 Å². The third-order valence-electron chi connectivity index (χ3n) is 3.68. The van der Waals surface area contributed by atoms with Gasteiger partial charge in [-0.15, -0.1) is 0 Å². The molecule has 1 aromatic rings. The van der Waals surface area contributed by atoms with Gasteiger partial charge in [0.25, 0.3) is 5.91 Å². The fraction of sp³-hybridized carbons (Fsp3) is 0.562. The Morgan fingerprint density at radius 2 is 2.00 bits per heavy atom. The average Bonchev–Trinajstić information content (AvgIpc) is 3.10. The number of halogens is 1. The van der Waals surface area contributed by atoms with Gasteiger partial charge in [0.1, 0.15) is 5.82 Å². The molecule has 0 radical (unpaired) electrons. The molecule has 0 heterocycles. The van der Waals surface area contributed by atoms with Crippen molar-refractivity contribution in [3.8, 4) is 0 Å². The topological polar surface area (TPSA) is 29.1 Å². The summed E-state index contributed by atoms with van der Waals surface area (Å²) in [5, 5.41) is 2.49. The lowest BCUT2D eigenvalue weighted by atomic mass is 9.81. The van der Waals surface area contributed by atoms with Gasteiger partial charge in [-0.1, -0.05) is 20.8 Å². The first-order valence-corrected chi connectivity index (χ1v) is 6.88. The second-order valence-corrected chi connectivity index (χ2v) is 6.47. The van der Waals surface area contributed by atoms with Gasteiger partial charge in [-0.25, -0.2) is 4.39 Å². The predicted octanol–water partition coefficient (Wildman–Crippen LogP) is 3.44. The lowest BCUT2D eigenvalue weighted by Gasteiger charge is -2.24. The van der Waals surface area contributed by atoms with Crippen molar-refractivity contribution >= 4 is 5.91 Å². The van der Waals surface area contributed by atoms with Gasteiger partial charge >= 0.3 is 0 Å². The lowest BCUT2D eigenvalue weighted by molar-refractivity contribution is 0.0959. The normalized spacial score (nSPS) is 15.4. The number of nitrogens with one attached hydrogen (secondary N) is 1. The van der Waals surface area contributed by atoms with E-state index >= 15 is 0 Å². The maximum absolute atomic E-state index is 14.1. The van der Waals surface area contributed by atoms with Crippen LogP contribution in [0.3, 0.4) is 0 Å². The maximum atomic E-state index is 14.1. The van der Waals surface area contributed by atoms with Crippen molar-refractivity contribution in [1.29, 1.82) is 0 Å². The molecule has 1 saturated carbocycles. The molecular formula is C16H22FNO. The van der Waals surface area contributed by atoms with Crippen LogP contribution in [-0.2, 0) is 11.8 Å². The van der Waals surface area contributed by atoms with Crippen molar-refractivity contribution < 1.29 is 9.18 Å². The second-order valence-electron chi connectivity index (χ2n) is 6.47. The summed E-state index contributed by atoms with van der Waals surface area (Å²) in [6.07, 6.45) is 3.41. The van der Waals surface area contributed by atoms with Crippen LogP contribution in [0.1, 0.15) is 55.1 Å². The highest BCUT2D eigenvalue weighted by Crippen LogP contribution is 2.37. The van der Waals surface area contributed by atoms with E-state index in [1.807, 2.05) is 0 Å². The summed E-state index contributed by atoms with van der Waals surface area (Å²) < 4.78 is 14.1. The standard InChI is InChI=1S/C16H22FNO/c1-16(2,3)13-9-12(15(19)18-4)14(17)8-11(13)7-10-5-6-10/h8-10H,5-7H2,1-4H3,(H,18,19). The van der Waals surface area contributed by atoms with Crippen LogP contribution in [0.5, 0.6) is 0 Å². The van der Waals surface area contributed by atoms with Crippen molar-refractivity contribution in [3.05, 3.63) is 34.6 Å². The molecule has 3 heteroatoms. The van der Waals surface area contributed by atoms with Crippen molar-refractivity contribution in [2.45, 2.75) is 45.4 Å². The maximum Gasteiger partial charge on any atom is 0.254 e. The van der Waals surface area contributed by atoms with E-state index in [0.29, 0.717) is 5.92 Å². The number of hydrogen-bond acceptors (Lipinski definition) is 1. The number of benzene rings is 1. The van der Waals surface area contributed by atoms with E-state index in [1.54, 1.807) is 12.1 Å². The highest BCUT2D eigenvalue weighted by Gasteiger charge is 2.27. The van der Waals surface area contributed by atoms with Gasteiger partial charge in [0, 0.05) is 7.05 Å². The lowest BCUT2D eigenvalue weighted by Crippen LogP contribution is -2.22. The minimum Gasteiger partial charge on any atom is -0.355 e. The first-order chi connectivity index (χ1) is 8.82. The van der Waals surface area contributed by atoms with E-state index in [9.17, 15) is 9.18 Å². The van der Waals surface area contributed by atoms with Crippen molar-refractivity contribution in [3.63, 3.8) is 0 Å². The van der Waals surface area contributed by atoms with Crippen LogP contribution < -0.4 is 5.32 Å². The zero-order valence-corrected chi connectivity index (χ0v) is 12.1. The molecule has 0 aliphatic heterocycles. The molecule has 1 aliphatic rings. The molecule has 0 unspecified atom stereocenters. The Bertz CT molecular complexity index is 498. The van der Waals surface area contributed by atoms with E-state index in [-0.39, 0.29) is 16.9 Å². The quantitative estimate of drug-likeness (QED) is 0.889. The Morgan fingerprint density at radius 1 is 1.37 bits per heavy atom. The Labute approximate surface area is 114 Å². The van der Waals surface area contributed by atoms with E-state index in [4.69, 9.17) is 0 Å². The third-order valence-corrected chi connectivity index (χ3v) is 3.68. The zero-order chi connectivity index (χ0) is 14.2. The minimum atomic E-state index is -0.414. The summed E-state index contributed by atoms with van der Waals surface area (Å²) >= 11 is 0. The number of hydrogen-bond donors (Lipinski definition) is 1. The molecule has 0 spiro atoms. The van der Waals surface area contributed by atoms with Gasteiger partial charge in [-0.05, 0) is 53.9 Å². The van der Waals surface area contributed by atoms with Crippen LogP contribution in [-0.4, -0.2) is 13.0 Å². The Morgan fingerprint density at radius 3 is 2.47 bits per heavy atom. The molecule has 104 valence electrons. The summed E-state index contributed by atoms with van der Waals surface area (Å²) in [6.45, 7) is 6.30. The molecule has 2 nitrogen and oxygen atoms in total. The molecular weight excluding hydrogens is 241 g/mol. The molecule has 2 rings (SSSR count). The van der Waals surface area contributed by atoms with Crippen molar-refractivity contribution in [2.24, 2.45) is 5.92 Å². The van der Waals surface area contributed by atoms with Crippen LogP contribution in [0.15, 0.2) is 12.1 Å². The fourth-order valence-electron chi connectivity index (χ4n) is 2.42. The molecule has 0 bridgehead atoms. The van der Waals surface area contributed by atoms with Gasteiger partial charge in [0.15, 0.2) is 0 Å². The van der Waals surface area contributed by atoms with Crippen LogP contribution in [0.4, 0.5) is 4.39 Å². The van der Waals surface area contributed by atoms with Crippen LogP contribution in [0.2, 0.25) is 0 Å². The first-order valence-electron chi connectivity index (χ1n) is 6.88. The van der Waals surface area contributed by atoms with Gasteiger partial charge in [0.05, 0.1) is 5.56 Å². The third kappa shape index (κ3) is 3.14. The molecule has 0 atom stereocenters. The molecule has 1 aliphatic carbocycles. The molecule has 1 fully saturated rings. The smallest absolute Gasteiger partial charge is 0.254 e. The van der Waals surface area contributed by atoms with E-state index in [1.165, 1.54) is 19.9 Å². The molecule has 0 saturated heterocycles. The van der Waals surface area contributed by atoms with Crippen LogP contribution in [0.25, 0.3) is 0 Å². The predicted molar refractivity (Wildman–Crippen MR) is 74.9 cm³/mol. The first kappa shape index (κ1) is 14.0. The summed E-state index contributed by atoms with van der Waals surface area (Å²) in [4.78, 5) is 11.7. The number of rotatable bonds is 3. The fourth-order valence-corrected chi connectivity index (χ4v) is 2.42. The number of amides is 1. The largest absolute Gasteiger partial charge is 0.355 e. The summed E-state index contributed by atoms with van der Waals surface area (Å²) in [6, 6.07) is 3.29. The minimum absolute atomic E-state index is 0.0826. The Kier molecular flexibility index (Phi) is 3.66. The molecule has 19 heavy (non-hydrogen) atoms. The SMILES string of the molecule is CNC(=O)c1cc(C(C)(C)C)c(CC2CC2)cc1F. The van der Waals surface area contributed by atoms with E-state index in [0.717, 1.165) is 17.5 Å². The summed E-state index contributed by atoms with van der Waals surface area (Å²) in [7, 11) is 1.52. The monoisotopic (exact) mass is 263 g/mol. The molecule has 0 aromatic heterocycles. The molecule has 1 aromatic carbocycles. The van der Waals surface area contributed by atoms with Crippen molar-refractivity contribution in [2.75, 3.05) is 7.05 Å². The molecule has 1 N–H and O–H groups in total. The average molecular weight is 263 g/mol. The van der Waals surface area contributed by atoms with E-state index < -0.39 is 5.82 Å². The number of carbonyl (C=O) groups is 1.